The van der Waals surface area contributed by atoms with Gasteiger partial charge in [0.25, 0.3) is 0 Å². The molecule has 1 amide bonds. The quantitative estimate of drug-likeness (QED) is 0.752. The number of amides is 1. The SMILES string of the molecule is [CH2-]NC(=O)c1[c-]c(C)c(C)c(C)c1C.[W+2]. The molecule has 0 aliphatic carbocycles. The van der Waals surface area contributed by atoms with Crippen molar-refractivity contribution in [2.24, 2.45) is 0 Å². The van der Waals surface area contributed by atoms with E-state index in [9.17, 15) is 4.79 Å². The first kappa shape index (κ1) is 14.4. The summed E-state index contributed by atoms with van der Waals surface area (Å²) >= 11 is 0. The first-order valence-corrected chi connectivity index (χ1v) is 4.56. The third kappa shape index (κ3) is 2.69. The Labute approximate surface area is 106 Å². The third-order valence-corrected chi connectivity index (χ3v) is 2.76. The summed E-state index contributed by atoms with van der Waals surface area (Å²) in [6.45, 7) is 7.95. The minimum atomic E-state index is -0.172. The van der Waals surface area contributed by atoms with Gasteiger partial charge in [-0.15, -0.1) is 28.3 Å². The van der Waals surface area contributed by atoms with Gasteiger partial charge in [-0.2, -0.15) is 0 Å². The van der Waals surface area contributed by atoms with Crippen molar-refractivity contribution < 1.29 is 25.9 Å². The topological polar surface area (TPSA) is 29.1 Å². The van der Waals surface area contributed by atoms with Crippen LogP contribution in [-0.4, -0.2) is 5.91 Å². The normalized spacial score (nSPS) is 9.40. The molecule has 1 rings (SSSR count). The molecule has 0 fully saturated rings. The molecule has 1 aromatic carbocycles. The molecule has 0 saturated heterocycles. The zero-order valence-corrected chi connectivity index (χ0v) is 12.5. The third-order valence-electron chi connectivity index (χ3n) is 2.76. The molecule has 0 aliphatic heterocycles. The van der Waals surface area contributed by atoms with Crippen LogP contribution < -0.4 is 5.32 Å². The molecule has 0 atom stereocenters. The first-order valence-electron chi connectivity index (χ1n) is 4.56. The van der Waals surface area contributed by atoms with Gasteiger partial charge in [0.1, 0.15) is 5.91 Å². The van der Waals surface area contributed by atoms with Crippen molar-refractivity contribution >= 4 is 5.91 Å². The van der Waals surface area contributed by atoms with Crippen LogP contribution in [0.1, 0.15) is 32.6 Å². The van der Waals surface area contributed by atoms with Gasteiger partial charge >= 0.3 is 21.1 Å². The Bertz CT molecular complexity index is 386. The number of carbonyl (C=O) groups is 1. The van der Waals surface area contributed by atoms with Crippen molar-refractivity contribution in [3.8, 4) is 0 Å². The fourth-order valence-electron chi connectivity index (χ4n) is 1.44. The van der Waals surface area contributed by atoms with Gasteiger partial charge in [-0.3, -0.25) is 7.05 Å². The van der Waals surface area contributed by atoms with Crippen LogP contribution in [0.3, 0.4) is 0 Å². The van der Waals surface area contributed by atoms with Gasteiger partial charge < -0.3 is 10.1 Å². The molecule has 1 N–H and O–H groups in total. The monoisotopic (exact) mass is 373 g/mol. The first-order chi connectivity index (χ1) is 6.49. The van der Waals surface area contributed by atoms with Crippen molar-refractivity contribution in [1.82, 2.24) is 5.32 Å². The number of carbonyl (C=O) groups excluding carboxylic acids is 1. The van der Waals surface area contributed by atoms with Gasteiger partial charge in [-0.1, -0.05) is 33.3 Å². The zero-order chi connectivity index (χ0) is 10.9. The molecule has 0 aliphatic rings. The zero-order valence-electron chi connectivity index (χ0n) is 9.52. The molecule has 0 radical (unpaired) electrons. The summed E-state index contributed by atoms with van der Waals surface area (Å²) in [5.74, 6) is -0.172. The van der Waals surface area contributed by atoms with E-state index in [1.165, 1.54) is 5.56 Å². The van der Waals surface area contributed by atoms with Gasteiger partial charge in [0, 0.05) is 0 Å². The summed E-state index contributed by atoms with van der Waals surface area (Å²) in [4.78, 5) is 11.4. The smallest absolute Gasteiger partial charge is 0.545 e. The van der Waals surface area contributed by atoms with Crippen LogP contribution in [0.5, 0.6) is 0 Å². The number of hydrogen-bond donors (Lipinski definition) is 1. The summed E-state index contributed by atoms with van der Waals surface area (Å²) in [6.07, 6.45) is 0. The number of hydrogen-bond acceptors (Lipinski definition) is 1. The Morgan fingerprint density at radius 3 is 2.13 bits per heavy atom. The van der Waals surface area contributed by atoms with E-state index in [1.807, 2.05) is 27.7 Å². The van der Waals surface area contributed by atoms with Crippen LogP contribution in [0.2, 0.25) is 0 Å². The molecule has 0 aromatic heterocycles. The van der Waals surface area contributed by atoms with Crippen molar-refractivity contribution in [1.29, 1.82) is 0 Å². The van der Waals surface area contributed by atoms with Crippen LogP contribution in [0.4, 0.5) is 0 Å². The van der Waals surface area contributed by atoms with Crippen molar-refractivity contribution in [2.75, 3.05) is 0 Å². The molecular weight excluding hydrogens is 358 g/mol. The van der Waals surface area contributed by atoms with E-state index in [1.54, 1.807) is 0 Å². The summed E-state index contributed by atoms with van der Waals surface area (Å²) in [6, 6.07) is 3.08. The van der Waals surface area contributed by atoms with Crippen LogP contribution >= 0.6 is 0 Å². The van der Waals surface area contributed by atoms with E-state index in [0.29, 0.717) is 5.56 Å². The molecule has 0 unspecified atom stereocenters. The Kier molecular flexibility index (Phi) is 5.23. The maximum Gasteiger partial charge on any atom is 2.00 e. The molecular formula is C12H15NOW. The Morgan fingerprint density at radius 1 is 1.13 bits per heavy atom. The van der Waals surface area contributed by atoms with Gasteiger partial charge in [0.15, 0.2) is 0 Å². The van der Waals surface area contributed by atoms with Gasteiger partial charge in [-0.25, -0.2) is 0 Å². The minimum absolute atomic E-state index is 0. The van der Waals surface area contributed by atoms with Gasteiger partial charge in [-0.05, 0) is 0 Å². The number of benzene rings is 1. The second kappa shape index (κ2) is 5.46. The number of nitrogens with one attached hydrogen (secondary N) is 1. The second-order valence-corrected chi connectivity index (χ2v) is 3.51. The fourth-order valence-corrected chi connectivity index (χ4v) is 1.44. The maximum atomic E-state index is 11.4. The van der Waals surface area contributed by atoms with Crippen LogP contribution in [0, 0.1) is 40.8 Å². The van der Waals surface area contributed by atoms with E-state index < -0.39 is 0 Å². The van der Waals surface area contributed by atoms with E-state index in [0.717, 1.165) is 16.7 Å². The molecule has 0 spiro atoms. The van der Waals surface area contributed by atoms with Crippen LogP contribution in [-0.2, 0) is 21.1 Å². The fraction of sp³-hybridized carbons (Fsp3) is 0.333. The van der Waals surface area contributed by atoms with E-state index >= 15 is 0 Å². The minimum Gasteiger partial charge on any atom is -0.545 e. The van der Waals surface area contributed by atoms with E-state index in [2.05, 4.69) is 18.4 Å². The number of aryl methyl sites for hydroxylation is 1. The summed E-state index contributed by atoms with van der Waals surface area (Å²) < 4.78 is 0. The van der Waals surface area contributed by atoms with E-state index in [4.69, 9.17) is 0 Å². The molecule has 1 aromatic rings. The van der Waals surface area contributed by atoms with Crippen molar-refractivity contribution in [3.63, 3.8) is 0 Å². The summed E-state index contributed by atoms with van der Waals surface area (Å²) in [7, 11) is 3.37. The molecule has 80 valence electrons. The standard InChI is InChI=1S/C12H15NO.W/c1-7-6-11(12(14)13-5)10(4)9(3)8(7)2;/h5H2,1-4H3,(H,13,14);/q-2;+2. The Balaban J connectivity index is 0.00000196. The molecule has 0 saturated carbocycles. The average molecular weight is 373 g/mol. The van der Waals surface area contributed by atoms with Gasteiger partial charge in [0.2, 0.25) is 0 Å². The molecule has 0 heterocycles. The average Bonchev–Trinajstić information content (AvgIpc) is 2.19. The van der Waals surface area contributed by atoms with Gasteiger partial charge in [0.05, 0.1) is 0 Å². The predicted molar refractivity (Wildman–Crippen MR) is 57.0 cm³/mol. The van der Waals surface area contributed by atoms with Crippen molar-refractivity contribution in [2.45, 2.75) is 27.7 Å². The van der Waals surface area contributed by atoms with Crippen molar-refractivity contribution in [3.05, 3.63) is 40.9 Å². The largest absolute Gasteiger partial charge is 2.00 e. The predicted octanol–water partition coefficient (Wildman–Crippen LogP) is 2.24. The Morgan fingerprint density at radius 2 is 1.67 bits per heavy atom. The van der Waals surface area contributed by atoms with Crippen LogP contribution in [0.15, 0.2) is 0 Å². The molecule has 0 bridgehead atoms. The van der Waals surface area contributed by atoms with Crippen LogP contribution in [0.25, 0.3) is 0 Å². The Hall–Kier alpha value is -0.622. The molecule has 3 heteroatoms. The molecule has 15 heavy (non-hydrogen) atoms. The second-order valence-electron chi connectivity index (χ2n) is 3.51. The summed E-state index contributed by atoms with van der Waals surface area (Å²) in [5, 5.41) is 2.38. The van der Waals surface area contributed by atoms with E-state index in [-0.39, 0.29) is 27.0 Å². The number of rotatable bonds is 1. The summed E-state index contributed by atoms with van der Waals surface area (Å²) in [5.41, 5.74) is 4.95. The maximum absolute atomic E-state index is 11.4. The molecule has 2 nitrogen and oxygen atoms in total.